The summed E-state index contributed by atoms with van der Waals surface area (Å²) < 4.78 is 0. The predicted octanol–water partition coefficient (Wildman–Crippen LogP) is 4.83. The third-order valence-corrected chi connectivity index (χ3v) is 7.43. The molecule has 3 aromatic carbocycles. The number of halogens is 1. The number of carbonyl (C=O) groups excluding carboxylic acids is 2. The second kappa shape index (κ2) is 5.73. The van der Waals surface area contributed by atoms with E-state index >= 15 is 0 Å². The first-order chi connectivity index (χ1) is 14.4. The van der Waals surface area contributed by atoms with Crippen LogP contribution in [-0.4, -0.2) is 16.9 Å². The Kier molecular flexibility index (Phi) is 3.39. The molecular weight excluding hydrogens is 398 g/mol. The largest absolute Gasteiger partial charge is 0.506 e. The van der Waals surface area contributed by atoms with E-state index in [4.69, 9.17) is 11.6 Å². The van der Waals surface area contributed by atoms with Crippen LogP contribution in [0, 0.1) is 11.3 Å². The number of rotatable bonds is 1. The molecule has 3 aliphatic carbocycles. The summed E-state index contributed by atoms with van der Waals surface area (Å²) in [6.45, 7) is 1.91. The van der Waals surface area contributed by atoms with E-state index in [1.165, 1.54) is 18.2 Å². The minimum Gasteiger partial charge on any atom is -0.506 e. The fraction of sp³-hybridized carbons (Fsp3) is 0.200. The summed E-state index contributed by atoms with van der Waals surface area (Å²) in [5.74, 6) is -1.64. The molecule has 30 heavy (non-hydrogen) atoms. The van der Waals surface area contributed by atoms with Crippen LogP contribution in [0.5, 0.6) is 5.75 Å². The van der Waals surface area contributed by atoms with E-state index in [1.807, 2.05) is 31.2 Å². The molecule has 1 aliphatic heterocycles. The average molecular weight is 416 g/mol. The summed E-state index contributed by atoms with van der Waals surface area (Å²) in [6.07, 6.45) is 0. The predicted molar refractivity (Wildman–Crippen MR) is 114 cm³/mol. The highest BCUT2D eigenvalue weighted by Gasteiger charge is 2.69. The molecule has 2 bridgehead atoms. The van der Waals surface area contributed by atoms with Crippen molar-refractivity contribution in [3.63, 3.8) is 0 Å². The molecule has 0 saturated carbocycles. The summed E-state index contributed by atoms with van der Waals surface area (Å²) in [5, 5.41) is 10.8. The van der Waals surface area contributed by atoms with Gasteiger partial charge in [0.1, 0.15) is 5.75 Å². The number of hydrogen-bond acceptors (Lipinski definition) is 3. The number of carbonyl (C=O) groups is 2. The van der Waals surface area contributed by atoms with Gasteiger partial charge >= 0.3 is 0 Å². The van der Waals surface area contributed by atoms with E-state index in [0.717, 1.165) is 27.2 Å². The molecule has 0 radical (unpaired) electrons. The lowest BCUT2D eigenvalue weighted by Gasteiger charge is -2.51. The number of hydrogen-bond donors (Lipinski definition) is 1. The van der Waals surface area contributed by atoms with Gasteiger partial charge in [-0.2, -0.15) is 0 Å². The van der Waals surface area contributed by atoms with Crippen molar-refractivity contribution < 1.29 is 14.7 Å². The van der Waals surface area contributed by atoms with Crippen LogP contribution in [0.15, 0.2) is 66.7 Å². The Morgan fingerprint density at radius 3 is 2.07 bits per heavy atom. The maximum Gasteiger partial charge on any atom is 0.241 e. The molecular formula is C25H18ClNO3. The van der Waals surface area contributed by atoms with Gasteiger partial charge in [-0.15, -0.1) is 0 Å². The molecule has 4 aliphatic rings. The number of aromatic hydroxyl groups is 1. The zero-order valence-electron chi connectivity index (χ0n) is 16.2. The van der Waals surface area contributed by atoms with Crippen LogP contribution in [-0.2, 0) is 9.59 Å². The van der Waals surface area contributed by atoms with Gasteiger partial charge in [-0.25, -0.2) is 4.90 Å². The van der Waals surface area contributed by atoms with Crippen molar-refractivity contribution in [1.29, 1.82) is 0 Å². The van der Waals surface area contributed by atoms with Gasteiger partial charge in [0, 0.05) is 16.9 Å². The van der Waals surface area contributed by atoms with Crippen molar-refractivity contribution in [3.8, 4) is 5.75 Å². The standard InChI is InChI=1S/C25H18ClNO3/c1-25-21-16-8-4-2-6-14(16)20(15-7-3-5-9-17(15)21)22(25)23(29)27(24(25)30)18-12-13(26)10-11-19(18)28/h2-12,20-22,28H,1H3/t20?,21?,22-,25+/m0/s1. The maximum atomic E-state index is 13.9. The number of nitrogens with zero attached hydrogens (tertiary/aromatic N) is 1. The average Bonchev–Trinajstić information content (AvgIpc) is 2.96. The Bertz CT molecular complexity index is 1220. The van der Waals surface area contributed by atoms with Crippen LogP contribution in [0.2, 0.25) is 5.02 Å². The zero-order valence-corrected chi connectivity index (χ0v) is 16.9. The summed E-state index contributed by atoms with van der Waals surface area (Å²) in [7, 11) is 0. The summed E-state index contributed by atoms with van der Waals surface area (Å²) in [5.41, 5.74) is 3.67. The van der Waals surface area contributed by atoms with E-state index in [-0.39, 0.29) is 35.1 Å². The molecule has 0 unspecified atom stereocenters. The fourth-order valence-corrected chi connectivity index (χ4v) is 6.19. The Balaban J connectivity index is 1.63. The molecule has 1 N–H and O–H groups in total. The second-order valence-electron chi connectivity index (χ2n) is 8.54. The number of phenols is 1. The van der Waals surface area contributed by atoms with E-state index in [0.29, 0.717) is 5.02 Å². The van der Waals surface area contributed by atoms with Crippen LogP contribution < -0.4 is 4.90 Å². The molecule has 2 amide bonds. The molecule has 0 spiro atoms. The van der Waals surface area contributed by atoms with Gasteiger partial charge in [0.25, 0.3) is 0 Å². The van der Waals surface area contributed by atoms with Gasteiger partial charge in [0.05, 0.1) is 17.0 Å². The number of anilines is 1. The summed E-state index contributed by atoms with van der Waals surface area (Å²) in [4.78, 5) is 28.8. The van der Waals surface area contributed by atoms with Crippen molar-refractivity contribution in [2.24, 2.45) is 11.3 Å². The maximum absolute atomic E-state index is 13.9. The molecule has 4 nitrogen and oxygen atoms in total. The van der Waals surface area contributed by atoms with Gasteiger partial charge in [0.2, 0.25) is 11.8 Å². The van der Waals surface area contributed by atoms with Crippen molar-refractivity contribution in [3.05, 3.63) is 94.0 Å². The van der Waals surface area contributed by atoms with E-state index in [2.05, 4.69) is 24.3 Å². The molecule has 148 valence electrons. The van der Waals surface area contributed by atoms with Gasteiger partial charge in [0.15, 0.2) is 0 Å². The molecule has 3 aromatic rings. The van der Waals surface area contributed by atoms with Gasteiger partial charge in [-0.3, -0.25) is 9.59 Å². The van der Waals surface area contributed by atoms with Crippen LogP contribution in [0.4, 0.5) is 5.69 Å². The smallest absolute Gasteiger partial charge is 0.241 e. The van der Waals surface area contributed by atoms with Crippen LogP contribution >= 0.6 is 11.6 Å². The van der Waals surface area contributed by atoms with Crippen LogP contribution in [0.25, 0.3) is 0 Å². The molecule has 7 rings (SSSR count). The Labute approximate surface area is 178 Å². The lowest BCUT2D eigenvalue weighted by atomic mass is 9.48. The monoisotopic (exact) mass is 415 g/mol. The van der Waals surface area contributed by atoms with Crippen molar-refractivity contribution in [2.45, 2.75) is 18.8 Å². The summed E-state index contributed by atoms with van der Waals surface area (Å²) >= 11 is 6.13. The number of imide groups is 1. The minimum atomic E-state index is -0.931. The van der Waals surface area contributed by atoms with E-state index < -0.39 is 11.3 Å². The third-order valence-electron chi connectivity index (χ3n) is 7.19. The fourth-order valence-electron chi connectivity index (χ4n) is 6.02. The zero-order chi connectivity index (χ0) is 20.8. The topological polar surface area (TPSA) is 57.6 Å². The first-order valence-electron chi connectivity index (χ1n) is 9.99. The number of benzene rings is 3. The molecule has 0 aromatic heterocycles. The molecule has 2 atom stereocenters. The Morgan fingerprint density at radius 2 is 1.47 bits per heavy atom. The van der Waals surface area contributed by atoms with Crippen LogP contribution in [0.1, 0.15) is 41.0 Å². The van der Waals surface area contributed by atoms with Crippen molar-refractivity contribution in [1.82, 2.24) is 0 Å². The Hall–Kier alpha value is -3.11. The number of phenolic OH excluding ortho intramolecular Hbond substituents is 1. The Morgan fingerprint density at radius 1 is 0.900 bits per heavy atom. The van der Waals surface area contributed by atoms with Gasteiger partial charge in [-0.1, -0.05) is 60.1 Å². The highest BCUT2D eigenvalue weighted by molar-refractivity contribution is 6.32. The quantitative estimate of drug-likeness (QED) is 0.579. The third kappa shape index (κ3) is 1.93. The van der Waals surface area contributed by atoms with E-state index in [1.54, 1.807) is 0 Å². The molecule has 5 heteroatoms. The lowest BCUT2D eigenvalue weighted by Crippen LogP contribution is -2.49. The SMILES string of the molecule is C[C@]12C(=O)N(c3cc(Cl)ccc3O)C(=O)[C@@H]1C1c3ccccc3C2c2ccccc21. The second-order valence-corrected chi connectivity index (χ2v) is 8.98. The highest BCUT2D eigenvalue weighted by Crippen LogP contribution is 2.67. The van der Waals surface area contributed by atoms with E-state index in [9.17, 15) is 14.7 Å². The van der Waals surface area contributed by atoms with Gasteiger partial charge < -0.3 is 5.11 Å². The van der Waals surface area contributed by atoms with Crippen LogP contribution in [0.3, 0.4) is 0 Å². The molecule has 1 saturated heterocycles. The molecule has 1 fully saturated rings. The first-order valence-corrected chi connectivity index (χ1v) is 10.4. The normalized spacial score (nSPS) is 28.3. The highest BCUT2D eigenvalue weighted by atomic mass is 35.5. The van der Waals surface area contributed by atoms with Crippen molar-refractivity contribution in [2.75, 3.05) is 4.90 Å². The molecule has 1 heterocycles. The van der Waals surface area contributed by atoms with Crippen molar-refractivity contribution >= 4 is 29.1 Å². The first kappa shape index (κ1) is 17.7. The van der Waals surface area contributed by atoms with Gasteiger partial charge in [-0.05, 0) is 47.4 Å². The minimum absolute atomic E-state index is 0.134. The summed E-state index contributed by atoms with van der Waals surface area (Å²) in [6, 6.07) is 20.7. The lowest BCUT2D eigenvalue weighted by molar-refractivity contribution is -0.128. The number of amides is 2.